The van der Waals surface area contributed by atoms with E-state index >= 15 is 0 Å². The Kier molecular flexibility index (Phi) is 6.95. The van der Waals surface area contributed by atoms with E-state index in [1.807, 2.05) is 61.5 Å². The summed E-state index contributed by atoms with van der Waals surface area (Å²) in [5.41, 5.74) is 2.79. The Morgan fingerprint density at radius 1 is 1.24 bits per heavy atom. The Morgan fingerprint density at radius 3 is 2.62 bits per heavy atom. The molecule has 0 saturated heterocycles. The minimum atomic E-state index is -0.748. The molecule has 29 heavy (non-hydrogen) atoms. The van der Waals surface area contributed by atoms with E-state index in [0.717, 1.165) is 16.8 Å². The molecule has 150 valence electrons. The molecule has 5 nitrogen and oxygen atoms in total. The first-order valence-electron chi connectivity index (χ1n) is 9.25. The molecule has 1 atom stereocenters. The van der Waals surface area contributed by atoms with E-state index in [-0.39, 0.29) is 12.5 Å². The fraction of sp³-hybridized carbons (Fsp3) is 0.227. The minimum absolute atomic E-state index is 0.0775. The highest BCUT2D eigenvalue weighted by atomic mass is 32.1. The molecule has 1 N–H and O–H groups in total. The van der Waals surface area contributed by atoms with Gasteiger partial charge in [0, 0.05) is 6.42 Å². The second-order valence-electron chi connectivity index (χ2n) is 6.43. The number of hydrogen-bond acceptors (Lipinski definition) is 6. The van der Waals surface area contributed by atoms with E-state index in [0.29, 0.717) is 15.3 Å². The number of benzene rings is 2. The van der Waals surface area contributed by atoms with E-state index in [4.69, 9.17) is 17.0 Å². The van der Waals surface area contributed by atoms with Gasteiger partial charge in [-0.1, -0.05) is 59.9 Å². The Bertz CT molecular complexity index is 1070. The van der Waals surface area contributed by atoms with Gasteiger partial charge in [-0.15, -0.1) is 0 Å². The lowest BCUT2D eigenvalue weighted by molar-refractivity contribution is -0.147. The molecular weight excluding hydrogens is 404 g/mol. The van der Waals surface area contributed by atoms with Gasteiger partial charge in [-0.2, -0.15) is 0 Å². The van der Waals surface area contributed by atoms with Crippen molar-refractivity contribution in [1.29, 1.82) is 0 Å². The van der Waals surface area contributed by atoms with Crippen molar-refractivity contribution in [3.63, 3.8) is 0 Å². The van der Waals surface area contributed by atoms with Gasteiger partial charge in [0.25, 0.3) is 0 Å². The molecule has 0 amide bonds. The number of aromatic nitrogens is 1. The maximum absolute atomic E-state index is 12.7. The van der Waals surface area contributed by atoms with E-state index < -0.39 is 12.0 Å². The van der Waals surface area contributed by atoms with Gasteiger partial charge >= 0.3 is 5.97 Å². The zero-order valence-corrected chi connectivity index (χ0v) is 17.9. The minimum Gasteiger partial charge on any atom is -0.493 e. The summed E-state index contributed by atoms with van der Waals surface area (Å²) >= 11 is 6.68. The number of thiazole rings is 1. The summed E-state index contributed by atoms with van der Waals surface area (Å²) in [7, 11) is 0. The molecule has 0 fully saturated rings. The van der Waals surface area contributed by atoms with Crippen LogP contribution in [-0.4, -0.2) is 28.5 Å². The average molecular weight is 427 g/mol. The van der Waals surface area contributed by atoms with Gasteiger partial charge in [0.05, 0.1) is 18.5 Å². The molecule has 1 unspecified atom stereocenters. The molecule has 0 saturated carbocycles. The first-order valence-corrected chi connectivity index (χ1v) is 10.5. The summed E-state index contributed by atoms with van der Waals surface area (Å²) in [6, 6.07) is 16.6. The lowest BCUT2D eigenvalue weighted by Gasteiger charge is -2.18. The number of aryl methyl sites for hydroxylation is 1. The van der Waals surface area contributed by atoms with Crippen molar-refractivity contribution in [2.45, 2.75) is 26.3 Å². The number of esters is 1. The number of rotatable bonds is 7. The number of carbonyl (C=O) groups excluding carboxylic acids is 1. The molecule has 0 aliphatic rings. The van der Waals surface area contributed by atoms with Crippen LogP contribution in [0.25, 0.3) is 0 Å². The van der Waals surface area contributed by atoms with Crippen LogP contribution in [0.3, 0.4) is 0 Å². The number of aliphatic imine (C=N–C) groups is 1. The smallest absolute Gasteiger partial charge is 0.329 e. The van der Waals surface area contributed by atoms with Gasteiger partial charge < -0.3 is 9.84 Å². The predicted octanol–water partition coefficient (Wildman–Crippen LogP) is 5.39. The molecule has 0 radical (unpaired) electrons. The fourth-order valence-corrected chi connectivity index (χ4v) is 4.22. The molecule has 0 spiro atoms. The third-order valence-corrected chi connectivity index (χ3v) is 5.75. The lowest BCUT2D eigenvalue weighted by Crippen LogP contribution is -2.24. The number of carbonyl (C=O) groups is 1. The van der Waals surface area contributed by atoms with Gasteiger partial charge in [-0.05, 0) is 43.3 Å². The first-order chi connectivity index (χ1) is 14.0. The van der Waals surface area contributed by atoms with Crippen molar-refractivity contribution in [2.75, 3.05) is 6.61 Å². The van der Waals surface area contributed by atoms with Crippen LogP contribution in [0.4, 0.5) is 5.69 Å². The van der Waals surface area contributed by atoms with Crippen LogP contribution in [-0.2, 0) is 16.0 Å². The third kappa shape index (κ3) is 4.99. The maximum Gasteiger partial charge on any atom is 0.329 e. The van der Waals surface area contributed by atoms with Gasteiger partial charge in [-0.25, -0.2) is 4.79 Å². The van der Waals surface area contributed by atoms with Crippen molar-refractivity contribution >= 4 is 41.4 Å². The maximum atomic E-state index is 12.7. The second kappa shape index (κ2) is 9.62. The van der Waals surface area contributed by atoms with Gasteiger partial charge in [0.1, 0.15) is 10.9 Å². The molecule has 3 rings (SSSR count). The zero-order chi connectivity index (χ0) is 20.8. The van der Waals surface area contributed by atoms with Gasteiger partial charge in [0.2, 0.25) is 5.88 Å². The molecule has 3 aromatic rings. The Hall–Kier alpha value is -2.77. The van der Waals surface area contributed by atoms with Crippen molar-refractivity contribution in [2.24, 2.45) is 4.99 Å². The second-order valence-corrected chi connectivity index (χ2v) is 8.10. The van der Waals surface area contributed by atoms with Crippen molar-refractivity contribution in [1.82, 2.24) is 4.57 Å². The Morgan fingerprint density at radius 2 is 1.93 bits per heavy atom. The van der Waals surface area contributed by atoms with E-state index in [9.17, 15) is 9.90 Å². The summed E-state index contributed by atoms with van der Waals surface area (Å²) in [4.78, 5) is 17.6. The van der Waals surface area contributed by atoms with Crippen LogP contribution in [0.2, 0.25) is 0 Å². The summed E-state index contributed by atoms with van der Waals surface area (Å²) in [6.07, 6.45) is 1.95. The number of nitrogens with zero attached hydrogens (tertiary/aromatic N) is 2. The van der Waals surface area contributed by atoms with Crippen LogP contribution in [0.1, 0.15) is 29.0 Å². The van der Waals surface area contributed by atoms with Crippen LogP contribution >= 0.6 is 23.6 Å². The van der Waals surface area contributed by atoms with E-state index in [1.54, 1.807) is 13.1 Å². The Labute approximate surface area is 178 Å². The van der Waals surface area contributed by atoms with Gasteiger partial charge in [0.15, 0.2) is 3.95 Å². The molecule has 1 aromatic heterocycles. The van der Waals surface area contributed by atoms with Crippen molar-refractivity contribution in [3.8, 4) is 5.88 Å². The third-order valence-electron chi connectivity index (χ3n) is 4.42. The van der Waals surface area contributed by atoms with Crippen LogP contribution in [0.15, 0.2) is 59.6 Å². The van der Waals surface area contributed by atoms with Crippen LogP contribution in [0.5, 0.6) is 5.88 Å². The summed E-state index contributed by atoms with van der Waals surface area (Å²) in [6.45, 7) is 3.98. The van der Waals surface area contributed by atoms with Crippen LogP contribution < -0.4 is 0 Å². The SMILES string of the molecule is CCOC(=O)C(Cc1ccccc1)n1c(O)c(C=Nc2ccccc2C)sc1=S. The fourth-order valence-electron chi connectivity index (χ4n) is 2.95. The zero-order valence-electron chi connectivity index (χ0n) is 16.2. The van der Waals surface area contributed by atoms with Crippen molar-refractivity contribution < 1.29 is 14.6 Å². The summed E-state index contributed by atoms with van der Waals surface area (Å²) in [5, 5.41) is 10.8. The molecule has 0 aliphatic heterocycles. The normalized spacial score (nSPS) is 12.2. The lowest BCUT2D eigenvalue weighted by atomic mass is 10.1. The largest absolute Gasteiger partial charge is 0.493 e. The number of para-hydroxylation sites is 1. The summed E-state index contributed by atoms with van der Waals surface area (Å²) < 4.78 is 7.10. The van der Waals surface area contributed by atoms with Crippen LogP contribution in [0, 0.1) is 10.9 Å². The average Bonchev–Trinajstić information content (AvgIpc) is 3.00. The number of ether oxygens (including phenoxy) is 1. The molecule has 7 heteroatoms. The van der Waals surface area contributed by atoms with E-state index in [2.05, 4.69) is 4.99 Å². The molecule has 0 aliphatic carbocycles. The van der Waals surface area contributed by atoms with Gasteiger partial charge in [-0.3, -0.25) is 9.56 Å². The summed E-state index contributed by atoms with van der Waals surface area (Å²) in [5.74, 6) is -0.505. The number of hydrogen-bond donors (Lipinski definition) is 1. The topological polar surface area (TPSA) is 63.8 Å². The standard InChI is InChI=1S/C22H22N2O3S2/c1-3-27-21(26)18(13-16-10-5-4-6-11-16)24-20(25)19(29-22(24)28)14-23-17-12-8-7-9-15(17)2/h4-12,14,18,25H,3,13H2,1-2H3. The number of aromatic hydroxyl groups is 1. The molecular formula is C22H22N2O3S2. The highest BCUT2D eigenvalue weighted by molar-refractivity contribution is 7.73. The van der Waals surface area contributed by atoms with Crippen molar-refractivity contribution in [3.05, 3.63) is 74.6 Å². The first kappa shape index (κ1) is 21.0. The monoisotopic (exact) mass is 426 g/mol. The highest BCUT2D eigenvalue weighted by Gasteiger charge is 2.27. The van der Waals surface area contributed by atoms with E-state index in [1.165, 1.54) is 15.9 Å². The molecule has 2 aromatic carbocycles. The molecule has 1 heterocycles. The Balaban J connectivity index is 1.97. The predicted molar refractivity (Wildman–Crippen MR) is 119 cm³/mol. The quantitative estimate of drug-likeness (QED) is 0.312. The highest BCUT2D eigenvalue weighted by Crippen LogP contribution is 2.31. The molecule has 0 bridgehead atoms.